The molecule has 0 unspecified atom stereocenters. The van der Waals surface area contributed by atoms with Gasteiger partial charge < -0.3 is 4.90 Å². The van der Waals surface area contributed by atoms with Crippen molar-refractivity contribution in [3.63, 3.8) is 0 Å². The zero-order valence-corrected chi connectivity index (χ0v) is 19.6. The second kappa shape index (κ2) is 8.83. The summed E-state index contributed by atoms with van der Waals surface area (Å²) in [6.07, 6.45) is 1.96. The summed E-state index contributed by atoms with van der Waals surface area (Å²) in [5.41, 5.74) is 3.58. The first-order valence-electron chi connectivity index (χ1n) is 9.71. The van der Waals surface area contributed by atoms with E-state index in [2.05, 4.69) is 11.0 Å². The first kappa shape index (κ1) is 22.4. The molecule has 0 atom stereocenters. The van der Waals surface area contributed by atoms with Gasteiger partial charge in [-0.15, -0.1) is 0 Å². The van der Waals surface area contributed by atoms with Gasteiger partial charge in [-0.1, -0.05) is 23.5 Å². The lowest BCUT2D eigenvalue weighted by Gasteiger charge is -2.21. The molecule has 0 aliphatic heterocycles. The van der Waals surface area contributed by atoms with Crippen LogP contribution in [0.25, 0.3) is 10.2 Å². The van der Waals surface area contributed by atoms with Crippen molar-refractivity contribution in [2.45, 2.75) is 25.2 Å². The Hall–Kier alpha value is -2.29. The highest BCUT2D eigenvalue weighted by atomic mass is 32.2. The third-order valence-corrected chi connectivity index (χ3v) is 7.27. The van der Waals surface area contributed by atoms with Crippen molar-refractivity contribution in [2.24, 2.45) is 0 Å². The number of fused-ring (bicyclic) bond motifs is 1. The number of aryl methyl sites for hydroxylation is 2. The van der Waals surface area contributed by atoms with E-state index in [4.69, 9.17) is 4.98 Å². The molecule has 0 saturated heterocycles. The molecule has 8 heteroatoms. The summed E-state index contributed by atoms with van der Waals surface area (Å²) in [5.74, 6) is -0.178. The highest BCUT2D eigenvalue weighted by Crippen LogP contribution is 2.33. The molecule has 2 aromatic carbocycles. The molecular formula is C22H27N3O3S2. The summed E-state index contributed by atoms with van der Waals surface area (Å²) >= 11 is 1.52. The maximum Gasteiger partial charge on any atom is 0.260 e. The Labute approximate surface area is 182 Å². The molecule has 1 aromatic heterocycles. The van der Waals surface area contributed by atoms with Crippen LogP contribution in [0, 0.1) is 13.8 Å². The van der Waals surface area contributed by atoms with Crippen LogP contribution in [0.2, 0.25) is 0 Å². The van der Waals surface area contributed by atoms with E-state index in [1.165, 1.54) is 23.5 Å². The molecule has 6 nitrogen and oxygen atoms in total. The topological polar surface area (TPSA) is 70.6 Å². The predicted molar refractivity (Wildman–Crippen MR) is 123 cm³/mol. The van der Waals surface area contributed by atoms with Gasteiger partial charge in [0, 0.05) is 18.4 Å². The molecule has 0 bridgehead atoms. The van der Waals surface area contributed by atoms with Crippen LogP contribution in [-0.4, -0.2) is 57.6 Å². The Kier molecular flexibility index (Phi) is 6.59. The highest BCUT2D eigenvalue weighted by molar-refractivity contribution is 7.90. The van der Waals surface area contributed by atoms with Gasteiger partial charge in [0.05, 0.1) is 15.1 Å². The van der Waals surface area contributed by atoms with Crippen molar-refractivity contribution in [2.75, 3.05) is 38.3 Å². The smallest absolute Gasteiger partial charge is 0.260 e. The molecular weight excluding hydrogens is 418 g/mol. The van der Waals surface area contributed by atoms with E-state index >= 15 is 0 Å². The average Bonchev–Trinajstić information content (AvgIpc) is 3.13. The Morgan fingerprint density at radius 2 is 1.63 bits per heavy atom. The Balaban J connectivity index is 1.99. The van der Waals surface area contributed by atoms with E-state index in [1.54, 1.807) is 17.0 Å². The lowest BCUT2D eigenvalue weighted by atomic mass is 10.1. The molecule has 3 aromatic rings. The van der Waals surface area contributed by atoms with Gasteiger partial charge in [-0.25, -0.2) is 13.4 Å². The molecule has 0 saturated carbocycles. The fourth-order valence-corrected chi connectivity index (χ4v) is 4.96. The van der Waals surface area contributed by atoms with E-state index in [9.17, 15) is 13.2 Å². The number of aromatic nitrogens is 1. The number of carbonyl (C=O) groups is 1. The van der Waals surface area contributed by atoms with Gasteiger partial charge in [0.25, 0.3) is 5.91 Å². The molecule has 0 aliphatic carbocycles. The van der Waals surface area contributed by atoms with E-state index in [-0.39, 0.29) is 10.8 Å². The fourth-order valence-electron chi connectivity index (χ4n) is 3.19. The summed E-state index contributed by atoms with van der Waals surface area (Å²) in [6.45, 7) is 5.45. The van der Waals surface area contributed by atoms with Crippen LogP contribution in [-0.2, 0) is 9.84 Å². The fraction of sp³-hybridized carbons (Fsp3) is 0.364. The molecule has 0 fully saturated rings. The number of hydrogen-bond donors (Lipinski definition) is 0. The monoisotopic (exact) mass is 445 g/mol. The van der Waals surface area contributed by atoms with Gasteiger partial charge in [0.2, 0.25) is 0 Å². The second-order valence-corrected chi connectivity index (χ2v) is 10.8. The largest absolute Gasteiger partial charge is 0.309 e. The number of nitrogens with zero attached hydrogens (tertiary/aromatic N) is 3. The molecule has 30 heavy (non-hydrogen) atoms. The van der Waals surface area contributed by atoms with Crippen molar-refractivity contribution in [1.82, 2.24) is 9.88 Å². The summed E-state index contributed by atoms with van der Waals surface area (Å²) in [6, 6.07) is 10.2. The lowest BCUT2D eigenvalue weighted by molar-refractivity contribution is 0.0986. The number of anilines is 1. The third kappa shape index (κ3) is 4.88. The van der Waals surface area contributed by atoms with Crippen LogP contribution in [0.5, 0.6) is 0 Å². The van der Waals surface area contributed by atoms with Gasteiger partial charge in [-0.2, -0.15) is 0 Å². The minimum Gasteiger partial charge on any atom is -0.309 e. The molecule has 160 valence electrons. The second-order valence-electron chi connectivity index (χ2n) is 7.78. The van der Waals surface area contributed by atoms with Crippen molar-refractivity contribution in [3.05, 3.63) is 53.1 Å². The van der Waals surface area contributed by atoms with Crippen LogP contribution in [0.1, 0.15) is 27.9 Å². The van der Waals surface area contributed by atoms with Crippen LogP contribution in [0.3, 0.4) is 0 Å². The van der Waals surface area contributed by atoms with E-state index < -0.39 is 9.84 Å². The summed E-state index contributed by atoms with van der Waals surface area (Å²) < 4.78 is 24.5. The van der Waals surface area contributed by atoms with Crippen LogP contribution in [0.4, 0.5) is 5.13 Å². The number of thiazole rings is 1. The Morgan fingerprint density at radius 3 is 2.20 bits per heavy atom. The molecule has 0 radical (unpaired) electrons. The van der Waals surface area contributed by atoms with Gasteiger partial charge in [-0.3, -0.25) is 9.69 Å². The molecule has 0 N–H and O–H groups in total. The third-order valence-electron chi connectivity index (χ3n) is 4.92. The first-order valence-corrected chi connectivity index (χ1v) is 12.4. The molecule has 1 amide bonds. The van der Waals surface area contributed by atoms with Gasteiger partial charge in [0.1, 0.15) is 0 Å². The maximum atomic E-state index is 13.4. The Morgan fingerprint density at radius 1 is 1.00 bits per heavy atom. The first-order chi connectivity index (χ1) is 14.1. The molecule has 0 spiro atoms. The summed E-state index contributed by atoms with van der Waals surface area (Å²) in [7, 11) is 0.692. The average molecular weight is 446 g/mol. The lowest BCUT2D eigenvalue weighted by Crippen LogP contribution is -2.33. The summed E-state index contributed by atoms with van der Waals surface area (Å²) in [4.78, 5) is 22.1. The van der Waals surface area contributed by atoms with E-state index in [1.807, 2.05) is 34.0 Å². The quantitative estimate of drug-likeness (QED) is 0.551. The number of rotatable bonds is 7. The highest BCUT2D eigenvalue weighted by Gasteiger charge is 2.22. The molecule has 3 rings (SSSR count). The normalized spacial score (nSPS) is 11.9. The minimum absolute atomic E-state index is 0.178. The van der Waals surface area contributed by atoms with Crippen molar-refractivity contribution < 1.29 is 13.2 Å². The van der Waals surface area contributed by atoms with Gasteiger partial charge in [0.15, 0.2) is 15.0 Å². The molecule has 1 heterocycles. The van der Waals surface area contributed by atoms with E-state index in [0.717, 1.165) is 40.6 Å². The number of benzene rings is 2. The zero-order valence-electron chi connectivity index (χ0n) is 18.0. The van der Waals surface area contributed by atoms with Crippen molar-refractivity contribution in [3.8, 4) is 0 Å². The Bertz CT molecular complexity index is 1130. The van der Waals surface area contributed by atoms with Crippen LogP contribution < -0.4 is 4.90 Å². The maximum absolute atomic E-state index is 13.4. The van der Waals surface area contributed by atoms with Crippen molar-refractivity contribution >= 4 is 42.4 Å². The molecule has 0 aliphatic rings. The standard InChI is InChI=1S/C22H27N3O3S2/c1-15-7-8-16(2)20-19(15)23-22(29-20)25(14-6-13-24(3)4)21(26)17-9-11-18(12-10-17)30(5,27)28/h7-12H,6,13-14H2,1-5H3. The van der Waals surface area contributed by atoms with Crippen molar-refractivity contribution in [1.29, 1.82) is 0 Å². The van der Waals surface area contributed by atoms with Gasteiger partial charge in [-0.05, 0) is 76.3 Å². The number of amides is 1. The summed E-state index contributed by atoms with van der Waals surface area (Å²) in [5, 5.41) is 0.665. The predicted octanol–water partition coefficient (Wildman–Crippen LogP) is 3.92. The van der Waals surface area contributed by atoms with E-state index in [0.29, 0.717) is 17.2 Å². The zero-order chi connectivity index (χ0) is 22.1. The van der Waals surface area contributed by atoms with Crippen LogP contribution in [0.15, 0.2) is 41.3 Å². The number of carbonyl (C=O) groups excluding carboxylic acids is 1. The number of sulfone groups is 1. The van der Waals surface area contributed by atoms with Gasteiger partial charge >= 0.3 is 0 Å². The minimum atomic E-state index is -3.31. The number of hydrogen-bond acceptors (Lipinski definition) is 6. The van der Waals surface area contributed by atoms with Crippen LogP contribution >= 0.6 is 11.3 Å². The SMILES string of the molecule is Cc1ccc(C)c2sc(N(CCCN(C)C)C(=O)c3ccc(S(C)(=O)=O)cc3)nc12.